The fourth-order valence-electron chi connectivity index (χ4n) is 0.635. The first kappa shape index (κ1) is 10.2. The second kappa shape index (κ2) is 3.54. The summed E-state index contributed by atoms with van der Waals surface area (Å²) in [5.41, 5.74) is 0. The molecule has 0 aromatic carbocycles. The molecular formula is C5H8F3NO2. The molecule has 0 spiro atoms. The first-order valence-corrected chi connectivity index (χ1v) is 3.07. The molecule has 3 nitrogen and oxygen atoms in total. The minimum absolute atomic E-state index is 0.0908. The average Bonchev–Trinajstić information content (AvgIpc) is 1.80. The number of hydrogen-bond donors (Lipinski definition) is 0. The van der Waals surface area contributed by atoms with E-state index in [1.807, 2.05) is 0 Å². The summed E-state index contributed by atoms with van der Waals surface area (Å²) in [5, 5.41) is 9.91. The summed E-state index contributed by atoms with van der Waals surface area (Å²) in [6, 6.07) is -1.49. The molecule has 0 aliphatic carbocycles. The number of hydrogen-bond acceptors (Lipinski definition) is 2. The molecule has 0 bridgehead atoms. The molecule has 0 saturated heterocycles. The van der Waals surface area contributed by atoms with Gasteiger partial charge >= 0.3 is 6.18 Å². The molecule has 0 aromatic rings. The number of nitrogens with zero attached hydrogens (tertiary/aromatic N) is 1. The lowest BCUT2D eigenvalue weighted by Gasteiger charge is -2.08. The Bertz CT molecular complexity index is 145. The van der Waals surface area contributed by atoms with E-state index >= 15 is 0 Å². The predicted octanol–water partition coefficient (Wildman–Crippen LogP) is 1.99. The molecule has 0 amide bonds. The molecule has 1 atom stereocenters. The average molecular weight is 171 g/mol. The van der Waals surface area contributed by atoms with E-state index in [0.29, 0.717) is 0 Å². The topological polar surface area (TPSA) is 43.1 Å². The van der Waals surface area contributed by atoms with E-state index in [2.05, 4.69) is 0 Å². The maximum atomic E-state index is 11.5. The Kier molecular flexibility index (Phi) is 3.28. The lowest BCUT2D eigenvalue weighted by molar-refractivity contribution is -0.530. The van der Waals surface area contributed by atoms with Crippen LogP contribution in [0.2, 0.25) is 0 Å². The standard InChI is InChI=1S/C5H8F3NO2/c1-2-4(9(10)11)3-5(6,7)8/h4H,2-3H2,1H3. The summed E-state index contributed by atoms with van der Waals surface area (Å²) < 4.78 is 34.6. The third kappa shape index (κ3) is 4.58. The van der Waals surface area contributed by atoms with Crippen LogP contribution >= 0.6 is 0 Å². The van der Waals surface area contributed by atoms with Crippen LogP contribution in [0.5, 0.6) is 0 Å². The van der Waals surface area contributed by atoms with Gasteiger partial charge in [-0.2, -0.15) is 13.2 Å². The van der Waals surface area contributed by atoms with Crippen molar-refractivity contribution in [1.29, 1.82) is 0 Å². The van der Waals surface area contributed by atoms with Gasteiger partial charge in [-0.1, -0.05) is 6.92 Å². The minimum atomic E-state index is -4.44. The van der Waals surface area contributed by atoms with Crippen LogP contribution in [0, 0.1) is 10.1 Å². The molecule has 0 saturated carbocycles. The SMILES string of the molecule is CCC(CC(F)(F)F)[N+](=O)[O-]. The Labute approximate surface area is 61.3 Å². The van der Waals surface area contributed by atoms with Crippen LogP contribution in [0.1, 0.15) is 19.8 Å². The fraction of sp³-hybridized carbons (Fsp3) is 1.00. The van der Waals surface area contributed by atoms with E-state index in [0.717, 1.165) is 0 Å². The van der Waals surface area contributed by atoms with Crippen LogP contribution < -0.4 is 0 Å². The first-order valence-electron chi connectivity index (χ1n) is 3.07. The van der Waals surface area contributed by atoms with Gasteiger partial charge in [-0.3, -0.25) is 10.1 Å². The molecule has 0 aliphatic heterocycles. The second-order valence-corrected chi connectivity index (χ2v) is 2.17. The van der Waals surface area contributed by atoms with E-state index < -0.39 is 23.6 Å². The molecule has 0 aromatic heterocycles. The summed E-state index contributed by atoms with van der Waals surface area (Å²) in [7, 11) is 0. The molecule has 1 unspecified atom stereocenters. The zero-order chi connectivity index (χ0) is 9.07. The van der Waals surface area contributed by atoms with Crippen molar-refractivity contribution in [2.75, 3.05) is 0 Å². The van der Waals surface area contributed by atoms with E-state index in [1.165, 1.54) is 6.92 Å². The Morgan fingerprint density at radius 1 is 1.55 bits per heavy atom. The van der Waals surface area contributed by atoms with Gasteiger partial charge in [-0.05, 0) is 0 Å². The van der Waals surface area contributed by atoms with Gasteiger partial charge in [-0.15, -0.1) is 0 Å². The highest BCUT2D eigenvalue weighted by molar-refractivity contribution is 4.60. The molecule has 0 aliphatic rings. The molecule has 0 fully saturated rings. The van der Waals surface area contributed by atoms with Gasteiger partial charge in [0.1, 0.15) is 6.42 Å². The van der Waals surface area contributed by atoms with Crippen molar-refractivity contribution < 1.29 is 18.1 Å². The smallest absolute Gasteiger partial charge is 0.264 e. The normalized spacial score (nSPS) is 14.5. The van der Waals surface area contributed by atoms with E-state index in [1.54, 1.807) is 0 Å². The lowest BCUT2D eigenvalue weighted by Crippen LogP contribution is -2.26. The quantitative estimate of drug-likeness (QED) is 0.481. The van der Waals surface area contributed by atoms with Gasteiger partial charge in [0.25, 0.3) is 0 Å². The van der Waals surface area contributed by atoms with Gasteiger partial charge in [-0.25, -0.2) is 0 Å². The molecule has 0 radical (unpaired) electrons. The van der Waals surface area contributed by atoms with Crippen LogP contribution in [-0.4, -0.2) is 17.1 Å². The van der Waals surface area contributed by atoms with Crippen molar-refractivity contribution in [3.63, 3.8) is 0 Å². The zero-order valence-corrected chi connectivity index (χ0v) is 5.89. The maximum absolute atomic E-state index is 11.5. The summed E-state index contributed by atoms with van der Waals surface area (Å²) >= 11 is 0. The number of nitro groups is 1. The summed E-state index contributed by atoms with van der Waals surface area (Å²) in [5.74, 6) is 0. The summed E-state index contributed by atoms with van der Waals surface area (Å²) in [4.78, 5) is 9.02. The molecule has 6 heteroatoms. The predicted molar refractivity (Wildman–Crippen MR) is 31.7 cm³/mol. The lowest BCUT2D eigenvalue weighted by atomic mass is 10.1. The van der Waals surface area contributed by atoms with Crippen molar-refractivity contribution in [3.05, 3.63) is 10.1 Å². The van der Waals surface area contributed by atoms with Crippen LogP contribution in [0.4, 0.5) is 13.2 Å². The molecule has 0 rings (SSSR count). The highest BCUT2D eigenvalue weighted by Gasteiger charge is 2.36. The van der Waals surface area contributed by atoms with Crippen LogP contribution in [0.3, 0.4) is 0 Å². The largest absolute Gasteiger partial charge is 0.395 e. The fourth-order valence-corrected chi connectivity index (χ4v) is 0.635. The third-order valence-electron chi connectivity index (χ3n) is 1.24. The zero-order valence-electron chi connectivity index (χ0n) is 5.89. The number of rotatable bonds is 3. The van der Waals surface area contributed by atoms with Gasteiger partial charge in [0, 0.05) is 11.3 Å². The van der Waals surface area contributed by atoms with E-state index in [9.17, 15) is 23.3 Å². The molecule has 0 N–H and O–H groups in total. The van der Waals surface area contributed by atoms with Gasteiger partial charge in [0.05, 0.1) is 0 Å². The van der Waals surface area contributed by atoms with Crippen molar-refractivity contribution in [2.24, 2.45) is 0 Å². The number of alkyl halides is 3. The highest BCUT2D eigenvalue weighted by Crippen LogP contribution is 2.23. The van der Waals surface area contributed by atoms with Crippen molar-refractivity contribution in [3.8, 4) is 0 Å². The van der Waals surface area contributed by atoms with Gasteiger partial charge in [0.2, 0.25) is 6.04 Å². The Morgan fingerprint density at radius 3 is 2.09 bits per heavy atom. The number of halogens is 3. The molecule has 0 heterocycles. The van der Waals surface area contributed by atoms with Gasteiger partial charge < -0.3 is 0 Å². The first-order chi connectivity index (χ1) is 4.87. The molecular weight excluding hydrogens is 163 g/mol. The van der Waals surface area contributed by atoms with Gasteiger partial charge in [0.15, 0.2) is 0 Å². The molecule has 66 valence electrons. The van der Waals surface area contributed by atoms with Crippen LogP contribution in [0.25, 0.3) is 0 Å². The monoisotopic (exact) mass is 171 g/mol. The summed E-state index contributed by atoms with van der Waals surface area (Å²) in [6.07, 6.45) is -5.86. The van der Waals surface area contributed by atoms with Crippen molar-refractivity contribution >= 4 is 0 Å². The summed E-state index contributed by atoms with van der Waals surface area (Å²) in [6.45, 7) is 1.36. The van der Waals surface area contributed by atoms with Crippen molar-refractivity contribution in [2.45, 2.75) is 32.0 Å². The Hall–Kier alpha value is -0.810. The Balaban J connectivity index is 3.99. The maximum Gasteiger partial charge on any atom is 0.395 e. The Morgan fingerprint density at radius 2 is 2.00 bits per heavy atom. The van der Waals surface area contributed by atoms with Crippen LogP contribution in [0.15, 0.2) is 0 Å². The second-order valence-electron chi connectivity index (χ2n) is 2.17. The van der Waals surface area contributed by atoms with E-state index in [-0.39, 0.29) is 6.42 Å². The van der Waals surface area contributed by atoms with E-state index in [4.69, 9.17) is 0 Å². The van der Waals surface area contributed by atoms with Crippen LogP contribution in [-0.2, 0) is 0 Å². The third-order valence-corrected chi connectivity index (χ3v) is 1.24. The van der Waals surface area contributed by atoms with Crippen molar-refractivity contribution in [1.82, 2.24) is 0 Å². The molecule has 11 heavy (non-hydrogen) atoms. The minimum Gasteiger partial charge on any atom is -0.264 e. The highest BCUT2D eigenvalue weighted by atomic mass is 19.4.